The van der Waals surface area contributed by atoms with Crippen LogP contribution in [0.1, 0.15) is 33.9 Å². The van der Waals surface area contributed by atoms with Gasteiger partial charge in [0.2, 0.25) is 11.8 Å². The summed E-state index contributed by atoms with van der Waals surface area (Å²) in [6.45, 7) is 0.866. The lowest BCUT2D eigenvalue weighted by molar-refractivity contribution is -0.128. The van der Waals surface area contributed by atoms with Crippen LogP contribution in [0.4, 0.5) is 0 Å². The summed E-state index contributed by atoms with van der Waals surface area (Å²) in [4.78, 5) is 38.1. The van der Waals surface area contributed by atoms with Crippen molar-refractivity contribution in [1.82, 2.24) is 10.2 Å². The van der Waals surface area contributed by atoms with Crippen LogP contribution in [0.3, 0.4) is 0 Å². The number of methoxy groups -OCH3 is 1. The van der Waals surface area contributed by atoms with Gasteiger partial charge in [-0.05, 0) is 29.3 Å². The number of carbonyl (C=O) groups excluding carboxylic acids is 3. The van der Waals surface area contributed by atoms with Crippen LogP contribution in [-0.4, -0.2) is 42.9 Å². The van der Waals surface area contributed by atoms with E-state index in [1.165, 1.54) is 13.2 Å². The molecule has 1 atom stereocenters. The first kappa shape index (κ1) is 19.4. The Morgan fingerprint density at radius 2 is 1.82 bits per heavy atom. The molecule has 144 valence electrons. The molecule has 0 bridgehead atoms. The lowest BCUT2D eigenvalue weighted by atomic mass is 10.0. The number of rotatable bonds is 4. The van der Waals surface area contributed by atoms with Crippen LogP contribution in [0.5, 0.6) is 0 Å². The summed E-state index contributed by atoms with van der Waals surface area (Å²) in [5.74, 6) is -0.632. The van der Waals surface area contributed by atoms with Gasteiger partial charge in [0.1, 0.15) is 0 Å². The first-order chi connectivity index (χ1) is 13.6. The van der Waals surface area contributed by atoms with Crippen LogP contribution in [0, 0.1) is 0 Å². The normalized spacial score (nSPS) is 17.1. The van der Waals surface area contributed by atoms with Crippen molar-refractivity contribution < 1.29 is 19.1 Å². The fraction of sp³-hybridized carbons (Fsp3) is 0.227. The van der Waals surface area contributed by atoms with Crippen molar-refractivity contribution in [3.8, 4) is 0 Å². The van der Waals surface area contributed by atoms with Crippen LogP contribution in [0.2, 0.25) is 0 Å². The molecule has 3 rings (SSSR count). The molecule has 0 saturated carbocycles. The maximum Gasteiger partial charge on any atom is 0.337 e. The third-order valence-electron chi connectivity index (χ3n) is 4.65. The molecule has 1 fully saturated rings. The van der Waals surface area contributed by atoms with E-state index in [0.29, 0.717) is 18.7 Å². The highest BCUT2D eigenvalue weighted by molar-refractivity contribution is 5.93. The van der Waals surface area contributed by atoms with Crippen molar-refractivity contribution in [2.24, 2.45) is 0 Å². The third kappa shape index (κ3) is 4.65. The molecule has 0 radical (unpaired) electrons. The number of ether oxygens (including phenoxy) is 1. The van der Waals surface area contributed by atoms with Crippen LogP contribution in [0.15, 0.2) is 60.7 Å². The number of nitrogens with one attached hydrogen (secondary N) is 1. The van der Waals surface area contributed by atoms with Gasteiger partial charge in [-0.1, -0.05) is 42.5 Å². The largest absolute Gasteiger partial charge is 0.465 e. The highest BCUT2D eigenvalue weighted by Gasteiger charge is 2.28. The Morgan fingerprint density at radius 3 is 2.50 bits per heavy atom. The van der Waals surface area contributed by atoms with E-state index in [1.54, 1.807) is 35.2 Å². The average molecular weight is 378 g/mol. The molecule has 1 N–H and O–H groups in total. The summed E-state index contributed by atoms with van der Waals surface area (Å²) in [7, 11) is 1.33. The number of nitrogens with zero attached hydrogens (tertiary/aromatic N) is 1. The molecule has 1 saturated heterocycles. The summed E-state index contributed by atoms with van der Waals surface area (Å²) in [5, 5.41) is 2.82. The van der Waals surface area contributed by atoms with E-state index < -0.39 is 5.97 Å². The van der Waals surface area contributed by atoms with Gasteiger partial charge in [-0.25, -0.2) is 4.79 Å². The van der Waals surface area contributed by atoms with Crippen molar-refractivity contribution in [1.29, 1.82) is 0 Å². The van der Waals surface area contributed by atoms with Gasteiger partial charge in [0, 0.05) is 19.2 Å². The van der Waals surface area contributed by atoms with Crippen LogP contribution >= 0.6 is 0 Å². The van der Waals surface area contributed by atoms with Gasteiger partial charge in [0.15, 0.2) is 0 Å². The number of esters is 1. The first-order valence-electron chi connectivity index (χ1n) is 9.07. The van der Waals surface area contributed by atoms with Gasteiger partial charge in [-0.2, -0.15) is 0 Å². The fourth-order valence-electron chi connectivity index (χ4n) is 3.18. The molecular weight excluding hydrogens is 356 g/mol. The maximum atomic E-state index is 12.9. The Hall–Kier alpha value is -3.41. The lowest BCUT2D eigenvalue weighted by Crippen LogP contribution is -2.35. The van der Waals surface area contributed by atoms with E-state index in [0.717, 1.165) is 11.1 Å². The molecule has 6 heteroatoms. The first-order valence-corrected chi connectivity index (χ1v) is 9.07. The van der Waals surface area contributed by atoms with E-state index in [1.807, 2.05) is 30.3 Å². The molecule has 2 amide bonds. The van der Waals surface area contributed by atoms with Crippen molar-refractivity contribution in [3.05, 3.63) is 77.4 Å². The fourth-order valence-corrected chi connectivity index (χ4v) is 3.18. The number of hydrogen-bond donors (Lipinski definition) is 1. The summed E-state index contributed by atoms with van der Waals surface area (Å²) in [5.41, 5.74) is 2.18. The molecular formula is C22H22N2O4. The van der Waals surface area contributed by atoms with Crippen molar-refractivity contribution in [3.63, 3.8) is 0 Å². The quantitative estimate of drug-likeness (QED) is 0.655. The second kappa shape index (κ2) is 8.99. The Bertz CT molecular complexity index is 875. The second-order valence-corrected chi connectivity index (χ2v) is 6.46. The van der Waals surface area contributed by atoms with Crippen LogP contribution in [-0.2, 0) is 14.3 Å². The van der Waals surface area contributed by atoms with Gasteiger partial charge < -0.3 is 15.0 Å². The molecule has 1 aliphatic rings. The van der Waals surface area contributed by atoms with Gasteiger partial charge in [-0.15, -0.1) is 0 Å². The SMILES string of the molecule is COC(=O)c1ccc(C=CC(=O)N2CCNC(=O)CC2c2ccccc2)cc1. The zero-order chi connectivity index (χ0) is 19.9. The van der Waals surface area contributed by atoms with E-state index in [2.05, 4.69) is 10.1 Å². The number of benzene rings is 2. The van der Waals surface area contributed by atoms with E-state index in [9.17, 15) is 14.4 Å². The molecule has 1 heterocycles. The lowest BCUT2D eigenvalue weighted by Gasteiger charge is -2.28. The minimum absolute atomic E-state index is 0.0634. The molecule has 0 spiro atoms. The van der Waals surface area contributed by atoms with Crippen molar-refractivity contribution >= 4 is 23.9 Å². The molecule has 6 nitrogen and oxygen atoms in total. The minimum atomic E-state index is -0.404. The molecule has 0 aromatic heterocycles. The van der Waals surface area contributed by atoms with Crippen molar-refractivity contribution in [2.75, 3.05) is 20.2 Å². The summed E-state index contributed by atoms with van der Waals surface area (Å²) < 4.78 is 4.68. The molecule has 2 aromatic carbocycles. The highest BCUT2D eigenvalue weighted by atomic mass is 16.5. The predicted molar refractivity (Wildman–Crippen MR) is 105 cm³/mol. The van der Waals surface area contributed by atoms with Gasteiger partial charge in [-0.3, -0.25) is 9.59 Å². The monoisotopic (exact) mass is 378 g/mol. The topological polar surface area (TPSA) is 75.7 Å². The van der Waals surface area contributed by atoms with Crippen LogP contribution < -0.4 is 5.32 Å². The van der Waals surface area contributed by atoms with Gasteiger partial charge in [0.25, 0.3) is 0 Å². The second-order valence-electron chi connectivity index (χ2n) is 6.46. The summed E-state index contributed by atoms with van der Waals surface area (Å²) >= 11 is 0. The zero-order valence-corrected chi connectivity index (χ0v) is 15.6. The molecule has 2 aromatic rings. The number of hydrogen-bond acceptors (Lipinski definition) is 4. The smallest absolute Gasteiger partial charge is 0.337 e. The summed E-state index contributed by atoms with van der Waals surface area (Å²) in [6, 6.07) is 16.1. The summed E-state index contributed by atoms with van der Waals surface area (Å²) in [6.07, 6.45) is 3.43. The molecule has 1 unspecified atom stereocenters. The Balaban J connectivity index is 1.77. The maximum absolute atomic E-state index is 12.9. The number of carbonyl (C=O) groups is 3. The third-order valence-corrected chi connectivity index (χ3v) is 4.65. The van der Waals surface area contributed by atoms with E-state index in [-0.39, 0.29) is 24.3 Å². The van der Waals surface area contributed by atoms with Gasteiger partial charge >= 0.3 is 5.97 Å². The van der Waals surface area contributed by atoms with Crippen LogP contribution in [0.25, 0.3) is 6.08 Å². The molecule has 1 aliphatic heterocycles. The predicted octanol–water partition coefficient (Wildman–Crippen LogP) is 2.58. The average Bonchev–Trinajstić information content (AvgIpc) is 2.94. The molecule has 0 aliphatic carbocycles. The van der Waals surface area contributed by atoms with E-state index in [4.69, 9.17) is 0 Å². The highest BCUT2D eigenvalue weighted by Crippen LogP contribution is 2.26. The van der Waals surface area contributed by atoms with Crippen molar-refractivity contribution in [2.45, 2.75) is 12.5 Å². The van der Waals surface area contributed by atoms with E-state index >= 15 is 0 Å². The Labute approximate surface area is 163 Å². The molecule has 28 heavy (non-hydrogen) atoms. The standard InChI is InChI=1S/C22H22N2O4/c1-28-22(27)18-10-7-16(8-11-18)9-12-21(26)24-14-13-23-20(25)15-19(24)17-5-3-2-4-6-17/h2-12,19H,13-15H2,1H3,(H,23,25). The Kier molecular flexibility index (Phi) is 6.22. The Morgan fingerprint density at radius 1 is 1.11 bits per heavy atom. The minimum Gasteiger partial charge on any atom is -0.465 e. The van der Waals surface area contributed by atoms with Gasteiger partial charge in [0.05, 0.1) is 25.1 Å². The zero-order valence-electron chi connectivity index (χ0n) is 15.6. The number of amides is 2.